The molecule has 10 heteroatoms. The maximum absolute atomic E-state index is 13.8. The molecule has 0 atom stereocenters. The number of halogens is 1. The summed E-state index contributed by atoms with van der Waals surface area (Å²) in [6.45, 7) is 2.19. The summed E-state index contributed by atoms with van der Waals surface area (Å²) in [5, 5.41) is 2.90. The Morgan fingerprint density at radius 1 is 0.912 bits per heavy atom. The lowest BCUT2D eigenvalue weighted by Gasteiger charge is -2.35. The van der Waals surface area contributed by atoms with Crippen molar-refractivity contribution in [1.29, 1.82) is 0 Å². The number of carbonyl (C=O) groups excluding carboxylic acids is 1. The van der Waals surface area contributed by atoms with Crippen LogP contribution in [0.3, 0.4) is 0 Å². The second-order valence-corrected chi connectivity index (χ2v) is 7.58. The van der Waals surface area contributed by atoms with Gasteiger partial charge < -0.3 is 29.3 Å². The Labute approximate surface area is 197 Å². The maximum atomic E-state index is 13.8. The minimum atomic E-state index is -0.371. The van der Waals surface area contributed by atoms with Gasteiger partial charge in [0, 0.05) is 43.9 Å². The summed E-state index contributed by atoms with van der Waals surface area (Å²) in [5.74, 6) is 2.02. The molecule has 0 unspecified atom stereocenters. The molecule has 2 amide bonds. The van der Waals surface area contributed by atoms with Crippen LogP contribution < -0.4 is 24.4 Å². The number of amides is 2. The number of hydrogen-bond acceptors (Lipinski definition) is 7. The Kier molecular flexibility index (Phi) is 6.95. The minimum Gasteiger partial charge on any atom is -0.497 e. The second kappa shape index (κ2) is 10.2. The summed E-state index contributed by atoms with van der Waals surface area (Å²) in [4.78, 5) is 25.3. The van der Waals surface area contributed by atoms with E-state index in [0.29, 0.717) is 66.2 Å². The van der Waals surface area contributed by atoms with Crippen LogP contribution in [0.4, 0.5) is 20.7 Å². The van der Waals surface area contributed by atoms with Gasteiger partial charge in [-0.3, -0.25) is 0 Å². The van der Waals surface area contributed by atoms with Gasteiger partial charge in [0.1, 0.15) is 35.2 Å². The molecule has 2 aromatic carbocycles. The first kappa shape index (κ1) is 23.1. The molecule has 1 fully saturated rings. The van der Waals surface area contributed by atoms with Crippen LogP contribution in [-0.2, 0) is 0 Å². The van der Waals surface area contributed by atoms with Gasteiger partial charge in [-0.25, -0.2) is 19.2 Å². The molecule has 0 aliphatic carbocycles. The van der Waals surface area contributed by atoms with Gasteiger partial charge in [0.2, 0.25) is 0 Å². The molecule has 2 heterocycles. The van der Waals surface area contributed by atoms with E-state index in [1.807, 2.05) is 0 Å². The zero-order valence-corrected chi connectivity index (χ0v) is 19.2. The lowest BCUT2D eigenvalue weighted by Crippen LogP contribution is -2.50. The predicted octanol–water partition coefficient (Wildman–Crippen LogP) is 3.66. The number of nitrogens with zero attached hydrogens (tertiary/aromatic N) is 4. The molecule has 9 nitrogen and oxygen atoms in total. The predicted molar refractivity (Wildman–Crippen MR) is 126 cm³/mol. The van der Waals surface area contributed by atoms with Gasteiger partial charge in [0.25, 0.3) is 0 Å². The lowest BCUT2D eigenvalue weighted by atomic mass is 10.1. The monoisotopic (exact) mass is 467 g/mol. The average molecular weight is 468 g/mol. The Hall–Kier alpha value is -4.08. The van der Waals surface area contributed by atoms with E-state index in [9.17, 15) is 9.18 Å². The lowest BCUT2D eigenvalue weighted by molar-refractivity contribution is 0.208. The first-order chi connectivity index (χ1) is 16.5. The molecular formula is C24H26FN5O4. The average Bonchev–Trinajstić information content (AvgIpc) is 2.89. The van der Waals surface area contributed by atoms with Crippen LogP contribution in [0.5, 0.6) is 17.2 Å². The molecule has 4 rings (SSSR count). The molecule has 0 spiro atoms. The summed E-state index contributed by atoms with van der Waals surface area (Å²) >= 11 is 0. The van der Waals surface area contributed by atoms with Crippen LogP contribution in [-0.4, -0.2) is 68.4 Å². The third-order valence-corrected chi connectivity index (χ3v) is 5.63. The number of hydrogen-bond donors (Lipinski definition) is 1. The minimum absolute atomic E-state index is 0.212. The fourth-order valence-corrected chi connectivity index (χ4v) is 3.78. The van der Waals surface area contributed by atoms with Crippen molar-refractivity contribution in [3.8, 4) is 28.5 Å². The summed E-state index contributed by atoms with van der Waals surface area (Å²) < 4.78 is 29.7. The van der Waals surface area contributed by atoms with Crippen molar-refractivity contribution in [3.05, 3.63) is 54.6 Å². The van der Waals surface area contributed by atoms with Crippen molar-refractivity contribution in [3.63, 3.8) is 0 Å². The number of piperazine rings is 1. The van der Waals surface area contributed by atoms with Gasteiger partial charge >= 0.3 is 6.03 Å². The third-order valence-electron chi connectivity index (χ3n) is 5.63. The molecule has 3 aromatic rings. The maximum Gasteiger partial charge on any atom is 0.322 e. The number of rotatable bonds is 6. The van der Waals surface area contributed by atoms with E-state index in [4.69, 9.17) is 14.2 Å². The molecule has 178 valence electrons. The van der Waals surface area contributed by atoms with Gasteiger partial charge in [-0.05, 0) is 30.3 Å². The highest BCUT2D eigenvalue weighted by Crippen LogP contribution is 2.31. The third kappa shape index (κ3) is 4.95. The molecule has 1 N–H and O–H groups in total. The zero-order valence-electron chi connectivity index (χ0n) is 19.2. The summed E-state index contributed by atoms with van der Waals surface area (Å²) in [6, 6.07) is 11.1. The topological polar surface area (TPSA) is 89.1 Å². The summed E-state index contributed by atoms with van der Waals surface area (Å²) in [7, 11) is 4.64. The highest BCUT2D eigenvalue weighted by Gasteiger charge is 2.23. The zero-order chi connectivity index (χ0) is 24.1. The van der Waals surface area contributed by atoms with Crippen LogP contribution in [0, 0.1) is 5.82 Å². The standard InChI is InChI=1S/C24H26FN5O4/c1-32-17-5-6-19(22(13-17)34-3)28-24(31)30-10-8-29(9-11-30)23-14-20(26-15-27-23)18-12-16(25)4-7-21(18)33-2/h4-7,12-15H,8-11H2,1-3H3,(H,28,31). The molecule has 1 aliphatic rings. The molecule has 1 aliphatic heterocycles. The summed E-state index contributed by atoms with van der Waals surface area (Å²) in [5.41, 5.74) is 1.69. The van der Waals surface area contributed by atoms with Gasteiger partial charge in [-0.2, -0.15) is 0 Å². The molecule has 0 saturated carbocycles. The Morgan fingerprint density at radius 3 is 2.38 bits per heavy atom. The largest absolute Gasteiger partial charge is 0.497 e. The van der Waals surface area contributed by atoms with Gasteiger partial charge in [0.15, 0.2) is 0 Å². The number of nitrogens with one attached hydrogen (secondary N) is 1. The molecule has 0 bridgehead atoms. The van der Waals surface area contributed by atoms with Crippen LogP contribution in [0.2, 0.25) is 0 Å². The SMILES string of the molecule is COc1ccc(NC(=O)N2CCN(c3cc(-c4cc(F)ccc4OC)ncn3)CC2)c(OC)c1. The Bertz CT molecular complexity index is 1170. The van der Waals surface area contributed by atoms with Crippen molar-refractivity contribution >= 4 is 17.5 Å². The number of anilines is 2. The fraction of sp³-hybridized carbons (Fsp3) is 0.292. The van der Waals surface area contributed by atoms with Crippen molar-refractivity contribution in [1.82, 2.24) is 14.9 Å². The smallest absolute Gasteiger partial charge is 0.322 e. The van der Waals surface area contributed by atoms with E-state index in [2.05, 4.69) is 20.2 Å². The number of aromatic nitrogens is 2. The van der Waals surface area contributed by atoms with E-state index in [1.54, 1.807) is 49.5 Å². The second-order valence-electron chi connectivity index (χ2n) is 7.58. The Balaban J connectivity index is 1.42. The van der Waals surface area contributed by atoms with Gasteiger partial charge in [-0.1, -0.05) is 0 Å². The highest BCUT2D eigenvalue weighted by atomic mass is 19.1. The number of ether oxygens (including phenoxy) is 3. The number of carbonyl (C=O) groups is 1. The molecule has 34 heavy (non-hydrogen) atoms. The first-order valence-electron chi connectivity index (χ1n) is 10.7. The van der Waals surface area contributed by atoms with E-state index < -0.39 is 0 Å². The fourth-order valence-electron chi connectivity index (χ4n) is 3.78. The first-order valence-corrected chi connectivity index (χ1v) is 10.7. The van der Waals surface area contributed by atoms with Crippen molar-refractivity contribution < 1.29 is 23.4 Å². The highest BCUT2D eigenvalue weighted by molar-refractivity contribution is 5.91. The molecule has 0 radical (unpaired) electrons. The quantitative estimate of drug-likeness (QED) is 0.592. The van der Waals surface area contributed by atoms with Crippen molar-refractivity contribution in [2.75, 3.05) is 57.7 Å². The Morgan fingerprint density at radius 2 is 1.68 bits per heavy atom. The number of urea groups is 1. The number of methoxy groups -OCH3 is 3. The molecule has 1 saturated heterocycles. The van der Waals surface area contributed by atoms with Gasteiger partial charge in [-0.15, -0.1) is 0 Å². The van der Waals surface area contributed by atoms with E-state index in [0.717, 1.165) is 0 Å². The van der Waals surface area contributed by atoms with Crippen molar-refractivity contribution in [2.45, 2.75) is 0 Å². The molecule has 1 aromatic heterocycles. The van der Waals surface area contributed by atoms with E-state index in [1.165, 1.54) is 25.6 Å². The number of benzene rings is 2. The van der Waals surface area contributed by atoms with Crippen LogP contribution in [0.25, 0.3) is 11.3 Å². The van der Waals surface area contributed by atoms with Crippen LogP contribution >= 0.6 is 0 Å². The van der Waals surface area contributed by atoms with Crippen LogP contribution in [0.15, 0.2) is 48.8 Å². The van der Waals surface area contributed by atoms with E-state index in [-0.39, 0.29) is 11.8 Å². The summed E-state index contributed by atoms with van der Waals surface area (Å²) in [6.07, 6.45) is 1.45. The van der Waals surface area contributed by atoms with Crippen LogP contribution in [0.1, 0.15) is 0 Å². The normalized spacial score (nSPS) is 13.4. The van der Waals surface area contributed by atoms with Gasteiger partial charge in [0.05, 0.1) is 32.7 Å². The van der Waals surface area contributed by atoms with Crippen molar-refractivity contribution in [2.24, 2.45) is 0 Å². The van der Waals surface area contributed by atoms with E-state index >= 15 is 0 Å². The molecular weight excluding hydrogens is 441 g/mol.